The summed E-state index contributed by atoms with van der Waals surface area (Å²) in [4.78, 5) is 42.9. The standard InChI is InChI=1S/C40H49N5O4/c1-39(2,3)48-37(46)44-21-7-9-33(44)31-23-30(35(42-31)29-19-20-29)27-15-11-25(12-16-27)26-13-17-28(18-14-26)32-24-41-36(43-32)34-10-8-22-45(34)38(47)49-40(4,5)6/h11-18,24,29,33-34H,7-10,19-23H2,1-6H3,(H,41,43)/t33-,34-/m0/s1. The van der Waals surface area contributed by atoms with E-state index < -0.39 is 11.2 Å². The molecule has 4 aliphatic rings. The first-order valence-electron chi connectivity index (χ1n) is 17.9. The van der Waals surface area contributed by atoms with Crippen molar-refractivity contribution in [3.05, 3.63) is 71.8 Å². The van der Waals surface area contributed by atoms with Crippen LogP contribution < -0.4 is 0 Å². The summed E-state index contributed by atoms with van der Waals surface area (Å²) in [7, 11) is 0. The molecule has 3 aromatic rings. The van der Waals surface area contributed by atoms with Gasteiger partial charge in [-0.15, -0.1) is 0 Å². The van der Waals surface area contributed by atoms with E-state index in [-0.39, 0.29) is 24.3 Å². The molecule has 2 atom stereocenters. The van der Waals surface area contributed by atoms with E-state index in [0.717, 1.165) is 72.6 Å². The summed E-state index contributed by atoms with van der Waals surface area (Å²) < 4.78 is 11.4. The second-order valence-electron chi connectivity index (χ2n) is 15.9. The first-order valence-corrected chi connectivity index (χ1v) is 17.9. The summed E-state index contributed by atoms with van der Waals surface area (Å²) >= 11 is 0. The number of aromatic nitrogens is 2. The Labute approximate surface area is 289 Å². The fourth-order valence-electron chi connectivity index (χ4n) is 7.27. The molecule has 1 aliphatic carbocycles. The molecular formula is C40H49N5O4. The average Bonchev–Trinajstić information content (AvgIpc) is 3.50. The smallest absolute Gasteiger partial charge is 0.410 e. The number of nitrogens with zero attached hydrogens (tertiary/aromatic N) is 4. The molecule has 258 valence electrons. The molecule has 1 aromatic heterocycles. The van der Waals surface area contributed by atoms with Crippen LogP contribution in [0.15, 0.2) is 65.4 Å². The van der Waals surface area contributed by atoms with Gasteiger partial charge in [0.2, 0.25) is 0 Å². The minimum absolute atomic E-state index is 0.00640. The molecule has 9 heteroatoms. The van der Waals surface area contributed by atoms with Crippen molar-refractivity contribution in [2.45, 2.75) is 110 Å². The normalized spacial score (nSPS) is 21.4. The van der Waals surface area contributed by atoms with Gasteiger partial charge in [0, 0.05) is 36.8 Å². The predicted molar refractivity (Wildman–Crippen MR) is 192 cm³/mol. The van der Waals surface area contributed by atoms with Crippen LogP contribution in [0.25, 0.3) is 28.0 Å². The Morgan fingerprint density at radius 1 is 0.714 bits per heavy atom. The Bertz CT molecular complexity index is 1770. The fraction of sp³-hybridized carbons (Fsp3) is 0.500. The number of H-pyrrole nitrogens is 1. The number of carbonyl (C=O) groups excluding carboxylic acids is 2. The molecule has 4 heterocycles. The fourth-order valence-corrected chi connectivity index (χ4v) is 7.27. The van der Waals surface area contributed by atoms with Crippen LogP contribution in [-0.2, 0) is 9.47 Å². The Morgan fingerprint density at radius 3 is 1.78 bits per heavy atom. The van der Waals surface area contributed by atoms with Crippen molar-refractivity contribution in [2.24, 2.45) is 10.9 Å². The van der Waals surface area contributed by atoms with Crippen LogP contribution in [0, 0.1) is 5.92 Å². The van der Waals surface area contributed by atoms with Crippen LogP contribution in [-0.4, -0.2) is 68.0 Å². The first-order chi connectivity index (χ1) is 23.3. The highest BCUT2D eigenvalue weighted by Crippen LogP contribution is 2.46. The van der Waals surface area contributed by atoms with Gasteiger partial charge in [-0.25, -0.2) is 14.6 Å². The quantitative estimate of drug-likeness (QED) is 0.284. The summed E-state index contributed by atoms with van der Waals surface area (Å²) in [5.74, 6) is 1.32. The first kappa shape index (κ1) is 33.1. The molecule has 7 rings (SSSR count). The maximum absolute atomic E-state index is 13.0. The van der Waals surface area contributed by atoms with Gasteiger partial charge >= 0.3 is 12.2 Å². The number of carbonyl (C=O) groups is 2. The van der Waals surface area contributed by atoms with Gasteiger partial charge in [-0.2, -0.15) is 0 Å². The lowest BCUT2D eigenvalue weighted by molar-refractivity contribution is 0.0216. The number of rotatable bonds is 6. The van der Waals surface area contributed by atoms with Gasteiger partial charge in [-0.3, -0.25) is 14.8 Å². The van der Waals surface area contributed by atoms with E-state index in [1.54, 1.807) is 4.90 Å². The van der Waals surface area contributed by atoms with E-state index in [4.69, 9.17) is 14.5 Å². The Morgan fingerprint density at radius 2 is 1.22 bits per heavy atom. The highest BCUT2D eigenvalue weighted by Gasteiger charge is 2.40. The number of nitrogens with one attached hydrogen (secondary N) is 1. The van der Waals surface area contributed by atoms with E-state index in [0.29, 0.717) is 12.5 Å². The summed E-state index contributed by atoms with van der Waals surface area (Å²) in [5, 5.41) is 0. The van der Waals surface area contributed by atoms with Crippen molar-refractivity contribution in [2.75, 3.05) is 13.1 Å². The van der Waals surface area contributed by atoms with Gasteiger partial charge in [-0.1, -0.05) is 48.5 Å². The second-order valence-corrected chi connectivity index (χ2v) is 15.9. The number of ether oxygens (including phenoxy) is 2. The van der Waals surface area contributed by atoms with Crippen molar-refractivity contribution in [1.82, 2.24) is 19.8 Å². The number of hydrogen-bond donors (Lipinski definition) is 1. The summed E-state index contributed by atoms with van der Waals surface area (Å²) in [6, 6.07) is 17.2. The molecule has 0 spiro atoms. The number of aromatic amines is 1. The topological polar surface area (TPSA) is 100 Å². The molecule has 9 nitrogen and oxygen atoms in total. The van der Waals surface area contributed by atoms with Gasteiger partial charge in [-0.05, 0) is 108 Å². The third-order valence-corrected chi connectivity index (χ3v) is 9.72. The van der Waals surface area contributed by atoms with E-state index in [9.17, 15) is 9.59 Å². The number of allylic oxidation sites excluding steroid dienone is 2. The molecule has 1 saturated carbocycles. The molecule has 0 bridgehead atoms. The SMILES string of the molecule is CC(C)(C)OC(=O)N1CCC[C@H]1C1=NC(C2CC2)=C(c2ccc(-c3ccc(-c4cnc([C@@H]5CCCN5C(=O)OC(C)(C)C)[nH]4)cc3)cc2)C1. The number of amides is 2. The van der Waals surface area contributed by atoms with E-state index in [2.05, 4.69) is 58.5 Å². The van der Waals surface area contributed by atoms with Crippen LogP contribution in [0.2, 0.25) is 0 Å². The van der Waals surface area contributed by atoms with Crippen LogP contribution in [0.1, 0.15) is 104 Å². The van der Waals surface area contributed by atoms with E-state index >= 15 is 0 Å². The second kappa shape index (κ2) is 12.8. The van der Waals surface area contributed by atoms with Crippen molar-refractivity contribution >= 4 is 23.5 Å². The summed E-state index contributed by atoms with van der Waals surface area (Å²) in [6.07, 6.45) is 8.17. The molecule has 1 N–H and O–H groups in total. The zero-order valence-electron chi connectivity index (χ0n) is 29.7. The molecule has 3 aliphatic heterocycles. The highest BCUT2D eigenvalue weighted by atomic mass is 16.6. The number of imidazole rings is 1. The Kier molecular flexibility index (Phi) is 8.66. The van der Waals surface area contributed by atoms with Crippen molar-refractivity contribution in [3.8, 4) is 22.4 Å². The monoisotopic (exact) mass is 663 g/mol. The highest BCUT2D eigenvalue weighted by molar-refractivity contribution is 6.04. The maximum Gasteiger partial charge on any atom is 0.410 e. The lowest BCUT2D eigenvalue weighted by atomic mass is 9.94. The van der Waals surface area contributed by atoms with Crippen molar-refractivity contribution in [3.63, 3.8) is 0 Å². The summed E-state index contributed by atoms with van der Waals surface area (Å²) in [5.41, 5.74) is 8.05. The van der Waals surface area contributed by atoms with E-state index in [1.165, 1.54) is 29.7 Å². The molecule has 2 aromatic carbocycles. The largest absolute Gasteiger partial charge is 0.444 e. The number of aliphatic imine (C=N–C) groups is 1. The van der Waals surface area contributed by atoms with Crippen molar-refractivity contribution < 1.29 is 19.1 Å². The summed E-state index contributed by atoms with van der Waals surface area (Å²) in [6.45, 7) is 12.8. The van der Waals surface area contributed by atoms with Gasteiger partial charge in [0.15, 0.2) is 0 Å². The third kappa shape index (κ3) is 7.31. The van der Waals surface area contributed by atoms with Crippen LogP contribution in [0.3, 0.4) is 0 Å². The third-order valence-electron chi connectivity index (χ3n) is 9.72. The van der Waals surface area contributed by atoms with Gasteiger partial charge in [0.05, 0.1) is 24.0 Å². The molecular weight excluding hydrogens is 614 g/mol. The Balaban J connectivity index is 1.03. The zero-order valence-corrected chi connectivity index (χ0v) is 29.7. The number of likely N-dealkylation sites (tertiary alicyclic amines) is 2. The predicted octanol–water partition coefficient (Wildman–Crippen LogP) is 9.18. The number of hydrogen-bond acceptors (Lipinski definition) is 6. The van der Waals surface area contributed by atoms with Gasteiger partial charge in [0.1, 0.15) is 17.0 Å². The van der Waals surface area contributed by atoms with Crippen molar-refractivity contribution in [1.29, 1.82) is 0 Å². The molecule has 49 heavy (non-hydrogen) atoms. The molecule has 0 unspecified atom stereocenters. The maximum atomic E-state index is 13.0. The van der Waals surface area contributed by atoms with Gasteiger partial charge in [0.25, 0.3) is 0 Å². The number of benzene rings is 2. The molecule has 0 radical (unpaired) electrons. The lowest BCUT2D eigenvalue weighted by Crippen LogP contribution is -2.43. The van der Waals surface area contributed by atoms with Crippen LogP contribution >= 0.6 is 0 Å². The van der Waals surface area contributed by atoms with Crippen LogP contribution in [0.4, 0.5) is 9.59 Å². The molecule has 3 fully saturated rings. The minimum atomic E-state index is -0.534. The van der Waals surface area contributed by atoms with Gasteiger partial charge < -0.3 is 14.5 Å². The van der Waals surface area contributed by atoms with E-state index in [1.807, 2.05) is 52.6 Å². The Hall–Kier alpha value is -4.40. The molecule has 2 amide bonds. The lowest BCUT2D eigenvalue weighted by Gasteiger charge is -2.28. The average molecular weight is 664 g/mol. The molecule has 2 saturated heterocycles. The zero-order chi connectivity index (χ0) is 34.5. The van der Waals surface area contributed by atoms with Crippen LogP contribution in [0.5, 0.6) is 0 Å². The minimum Gasteiger partial charge on any atom is -0.444 e.